The summed E-state index contributed by atoms with van der Waals surface area (Å²) in [5, 5.41) is 9.98. The Morgan fingerprint density at radius 1 is 1.24 bits per heavy atom. The van der Waals surface area contributed by atoms with Crippen LogP contribution < -0.4 is 20.9 Å². The molecule has 1 fully saturated rings. The Bertz CT molecular complexity index is 577. The van der Waals surface area contributed by atoms with Gasteiger partial charge in [0.25, 0.3) is 0 Å². The molecule has 140 valence electrons. The van der Waals surface area contributed by atoms with Gasteiger partial charge in [-0.25, -0.2) is 8.78 Å². The monoisotopic (exact) mass is 353 g/mol. The number of nitrogens with one attached hydrogen (secondary N) is 3. The molecule has 25 heavy (non-hydrogen) atoms. The lowest BCUT2D eigenvalue weighted by Gasteiger charge is -2.22. The Morgan fingerprint density at radius 2 is 1.92 bits per heavy atom. The normalized spacial score (nSPS) is 18.6. The Morgan fingerprint density at radius 3 is 2.52 bits per heavy atom. The van der Waals surface area contributed by atoms with Crippen LogP contribution in [0.1, 0.15) is 27.2 Å². The molecule has 2 rings (SSSR count). The maximum atomic E-state index is 13.9. The third-order valence-electron chi connectivity index (χ3n) is 4.08. The van der Waals surface area contributed by atoms with Gasteiger partial charge in [0.15, 0.2) is 5.96 Å². The molecule has 0 saturated carbocycles. The van der Waals surface area contributed by atoms with Crippen LogP contribution in [0.15, 0.2) is 23.2 Å². The van der Waals surface area contributed by atoms with Crippen LogP contribution >= 0.6 is 0 Å². The van der Waals surface area contributed by atoms with Crippen molar-refractivity contribution in [1.82, 2.24) is 16.0 Å². The predicted molar refractivity (Wildman–Crippen MR) is 99.2 cm³/mol. The summed E-state index contributed by atoms with van der Waals surface area (Å²) < 4.78 is 27.8. The smallest absolute Gasteiger partial charge is 0.191 e. The number of benzene rings is 1. The molecular weight excluding hydrogens is 324 g/mol. The first-order valence-electron chi connectivity index (χ1n) is 8.71. The van der Waals surface area contributed by atoms with Crippen LogP contribution in [0.25, 0.3) is 0 Å². The topological polar surface area (TPSA) is 51.7 Å². The van der Waals surface area contributed by atoms with E-state index in [9.17, 15) is 8.78 Å². The molecule has 1 saturated heterocycles. The number of hydrogen-bond acceptors (Lipinski definition) is 3. The number of anilines is 1. The summed E-state index contributed by atoms with van der Waals surface area (Å²) in [7, 11) is 1.72. The van der Waals surface area contributed by atoms with E-state index in [0.717, 1.165) is 19.5 Å². The van der Waals surface area contributed by atoms with Gasteiger partial charge in [0.05, 0.1) is 0 Å². The zero-order valence-corrected chi connectivity index (χ0v) is 15.5. The second kappa shape index (κ2) is 8.47. The molecule has 1 aromatic carbocycles. The number of nitrogens with zero attached hydrogens (tertiary/aromatic N) is 2. The van der Waals surface area contributed by atoms with Gasteiger partial charge in [-0.2, -0.15) is 0 Å². The quantitative estimate of drug-likeness (QED) is 0.431. The number of para-hydroxylation sites is 1. The van der Waals surface area contributed by atoms with Crippen LogP contribution in [0.3, 0.4) is 0 Å². The molecule has 1 unspecified atom stereocenters. The maximum Gasteiger partial charge on any atom is 0.191 e. The van der Waals surface area contributed by atoms with Crippen LogP contribution in [-0.2, 0) is 0 Å². The van der Waals surface area contributed by atoms with Crippen molar-refractivity contribution in [2.45, 2.75) is 38.8 Å². The molecule has 0 aliphatic carbocycles. The van der Waals surface area contributed by atoms with Gasteiger partial charge in [-0.1, -0.05) is 6.07 Å². The zero-order valence-electron chi connectivity index (χ0n) is 15.5. The molecule has 5 nitrogen and oxygen atoms in total. The fraction of sp³-hybridized carbons (Fsp3) is 0.611. The summed E-state index contributed by atoms with van der Waals surface area (Å²) in [6, 6.07) is 4.07. The average Bonchev–Trinajstić information content (AvgIpc) is 2.97. The summed E-state index contributed by atoms with van der Waals surface area (Å²) in [5.41, 5.74) is 0.137. The summed E-state index contributed by atoms with van der Waals surface area (Å²) in [6.45, 7) is 9.08. The fourth-order valence-electron chi connectivity index (χ4n) is 2.88. The standard InChI is InChI=1S/C18H29F2N5/c1-18(2,3)23-10-9-22-17(21-4)24-13-8-11-25(12-13)16-14(19)6-5-7-15(16)20/h5-7,13,23H,8-12H2,1-4H3,(H2,21,22,24). The molecule has 1 aliphatic heterocycles. The van der Waals surface area contributed by atoms with Crippen molar-refractivity contribution in [2.24, 2.45) is 4.99 Å². The number of aliphatic imine (C=N–C) groups is 1. The average molecular weight is 353 g/mol. The number of hydrogen-bond donors (Lipinski definition) is 3. The van der Waals surface area contributed by atoms with Crippen molar-refractivity contribution >= 4 is 11.6 Å². The van der Waals surface area contributed by atoms with Crippen molar-refractivity contribution in [3.8, 4) is 0 Å². The Kier molecular flexibility index (Phi) is 6.58. The molecule has 0 aromatic heterocycles. The highest BCUT2D eigenvalue weighted by atomic mass is 19.1. The van der Waals surface area contributed by atoms with Gasteiger partial charge < -0.3 is 20.9 Å². The zero-order chi connectivity index (χ0) is 18.4. The molecule has 0 radical (unpaired) electrons. The SMILES string of the molecule is CN=C(NCCNC(C)(C)C)NC1CCN(c2c(F)cccc2F)C1. The fourth-order valence-corrected chi connectivity index (χ4v) is 2.88. The van der Waals surface area contributed by atoms with E-state index in [4.69, 9.17) is 0 Å². The highest BCUT2D eigenvalue weighted by molar-refractivity contribution is 5.80. The second-order valence-electron chi connectivity index (χ2n) is 7.32. The third-order valence-corrected chi connectivity index (χ3v) is 4.08. The predicted octanol–water partition coefficient (Wildman–Crippen LogP) is 2.10. The van der Waals surface area contributed by atoms with Crippen LogP contribution in [-0.4, -0.2) is 50.8 Å². The highest BCUT2D eigenvalue weighted by Crippen LogP contribution is 2.26. The van der Waals surface area contributed by atoms with Gasteiger partial charge in [-0.3, -0.25) is 4.99 Å². The van der Waals surface area contributed by atoms with Crippen molar-refractivity contribution in [3.63, 3.8) is 0 Å². The minimum absolute atomic E-state index is 0.0594. The third kappa shape index (κ3) is 5.85. The molecule has 0 amide bonds. The highest BCUT2D eigenvalue weighted by Gasteiger charge is 2.27. The lowest BCUT2D eigenvalue weighted by Crippen LogP contribution is -2.47. The molecule has 1 aliphatic rings. The Balaban J connectivity index is 1.83. The van der Waals surface area contributed by atoms with E-state index < -0.39 is 11.6 Å². The van der Waals surface area contributed by atoms with Gasteiger partial charge in [-0.15, -0.1) is 0 Å². The minimum Gasteiger partial charge on any atom is -0.365 e. The van der Waals surface area contributed by atoms with E-state index in [1.54, 1.807) is 11.9 Å². The Labute approximate surface area is 148 Å². The van der Waals surface area contributed by atoms with Crippen molar-refractivity contribution in [2.75, 3.05) is 38.1 Å². The van der Waals surface area contributed by atoms with Gasteiger partial charge >= 0.3 is 0 Å². The van der Waals surface area contributed by atoms with Crippen LogP contribution in [0.5, 0.6) is 0 Å². The molecule has 0 bridgehead atoms. The largest absolute Gasteiger partial charge is 0.365 e. The number of guanidine groups is 1. The van der Waals surface area contributed by atoms with Crippen LogP contribution in [0, 0.1) is 11.6 Å². The number of rotatable bonds is 5. The van der Waals surface area contributed by atoms with Crippen LogP contribution in [0.2, 0.25) is 0 Å². The van der Waals surface area contributed by atoms with Gasteiger partial charge in [-0.05, 0) is 39.3 Å². The first kappa shape index (κ1) is 19.4. The molecule has 1 atom stereocenters. The van der Waals surface area contributed by atoms with Gasteiger partial charge in [0, 0.05) is 44.8 Å². The van der Waals surface area contributed by atoms with E-state index in [-0.39, 0.29) is 17.3 Å². The summed E-state index contributed by atoms with van der Waals surface area (Å²) in [4.78, 5) is 5.97. The van der Waals surface area contributed by atoms with Crippen molar-refractivity contribution in [1.29, 1.82) is 0 Å². The van der Waals surface area contributed by atoms with E-state index in [2.05, 4.69) is 41.7 Å². The first-order valence-corrected chi connectivity index (χ1v) is 8.71. The van der Waals surface area contributed by atoms with Gasteiger partial charge in [0.2, 0.25) is 0 Å². The van der Waals surface area contributed by atoms with E-state index in [0.29, 0.717) is 19.0 Å². The van der Waals surface area contributed by atoms with Gasteiger partial charge in [0.1, 0.15) is 17.3 Å². The summed E-state index contributed by atoms with van der Waals surface area (Å²) in [6.07, 6.45) is 0.800. The lowest BCUT2D eigenvalue weighted by atomic mass is 10.1. The summed E-state index contributed by atoms with van der Waals surface area (Å²) >= 11 is 0. The number of halogens is 2. The second-order valence-corrected chi connectivity index (χ2v) is 7.32. The molecule has 1 aromatic rings. The molecule has 0 spiro atoms. The molecular formula is C18H29F2N5. The van der Waals surface area contributed by atoms with E-state index in [1.807, 2.05) is 0 Å². The maximum absolute atomic E-state index is 13.9. The molecule has 3 N–H and O–H groups in total. The molecule has 1 heterocycles. The van der Waals surface area contributed by atoms with Crippen molar-refractivity contribution in [3.05, 3.63) is 29.8 Å². The lowest BCUT2D eigenvalue weighted by molar-refractivity contribution is 0.428. The minimum atomic E-state index is -0.517. The van der Waals surface area contributed by atoms with Crippen molar-refractivity contribution < 1.29 is 8.78 Å². The van der Waals surface area contributed by atoms with E-state index >= 15 is 0 Å². The Hall–Kier alpha value is -1.89. The van der Waals surface area contributed by atoms with Crippen LogP contribution in [0.4, 0.5) is 14.5 Å². The first-order chi connectivity index (χ1) is 11.8. The summed E-state index contributed by atoms with van der Waals surface area (Å²) in [5.74, 6) is -0.329. The van der Waals surface area contributed by atoms with E-state index in [1.165, 1.54) is 18.2 Å². The molecule has 7 heteroatoms.